The molecule has 6 heteroatoms. The van der Waals surface area contributed by atoms with Gasteiger partial charge in [-0.1, -0.05) is 33.1 Å². The monoisotopic (exact) mass is 347 g/mol. The van der Waals surface area contributed by atoms with Crippen LogP contribution in [0.15, 0.2) is 0 Å². The fraction of sp³-hybridized carbons (Fsp3) is 0.789. The number of amides is 2. The highest BCUT2D eigenvalue weighted by atomic mass is 16.2. The summed E-state index contributed by atoms with van der Waals surface area (Å²) >= 11 is 0. The van der Waals surface area contributed by atoms with Crippen molar-refractivity contribution in [2.24, 2.45) is 17.1 Å². The van der Waals surface area contributed by atoms with Crippen LogP contribution in [0.25, 0.3) is 0 Å². The van der Waals surface area contributed by atoms with Crippen LogP contribution in [-0.4, -0.2) is 41.9 Å². The molecule has 1 unspecified atom stereocenters. The normalized spacial score (nSPS) is 24.7. The standard InChI is InChI=1S/C19H31N4O2/c1-18(2,17(21)25)9-8-16(24)23(12-15-6-4-3-5-7-15)19(13-20)10-11-22-14-19/h8,15,22H,3-7,9-12,14H2,1-2H3,(H2,21,25). The number of nitrogens with two attached hydrogens (primary N) is 1. The van der Waals surface area contributed by atoms with Gasteiger partial charge in [-0.25, -0.2) is 0 Å². The lowest BCUT2D eigenvalue weighted by atomic mass is 9.85. The molecule has 1 saturated heterocycles. The molecule has 1 saturated carbocycles. The lowest BCUT2D eigenvalue weighted by Crippen LogP contribution is -2.54. The van der Waals surface area contributed by atoms with Gasteiger partial charge in [0.1, 0.15) is 5.54 Å². The van der Waals surface area contributed by atoms with Crippen LogP contribution in [0.5, 0.6) is 0 Å². The number of rotatable bonds is 7. The van der Waals surface area contributed by atoms with E-state index in [2.05, 4.69) is 11.4 Å². The van der Waals surface area contributed by atoms with Gasteiger partial charge in [-0.2, -0.15) is 5.26 Å². The molecular weight excluding hydrogens is 316 g/mol. The van der Waals surface area contributed by atoms with E-state index in [0.717, 1.165) is 19.4 Å². The van der Waals surface area contributed by atoms with E-state index in [1.165, 1.54) is 19.3 Å². The van der Waals surface area contributed by atoms with Gasteiger partial charge in [0.15, 0.2) is 0 Å². The van der Waals surface area contributed by atoms with Crippen LogP contribution in [0.1, 0.15) is 58.8 Å². The molecule has 6 nitrogen and oxygen atoms in total. The van der Waals surface area contributed by atoms with Gasteiger partial charge in [0.25, 0.3) is 0 Å². The predicted octanol–water partition coefficient (Wildman–Crippen LogP) is 1.76. The summed E-state index contributed by atoms with van der Waals surface area (Å²) in [6.07, 6.45) is 8.37. The number of carbonyl (C=O) groups is 2. The van der Waals surface area contributed by atoms with Crippen molar-refractivity contribution >= 4 is 11.8 Å². The van der Waals surface area contributed by atoms with Crippen molar-refractivity contribution in [3.05, 3.63) is 6.42 Å². The smallest absolute Gasteiger partial charge is 0.227 e. The molecule has 1 radical (unpaired) electrons. The number of nitriles is 1. The molecule has 0 aromatic carbocycles. The Morgan fingerprint density at radius 2 is 2.04 bits per heavy atom. The van der Waals surface area contributed by atoms with Gasteiger partial charge in [0.05, 0.1) is 12.5 Å². The minimum Gasteiger partial charge on any atom is -0.369 e. The average molecular weight is 347 g/mol. The van der Waals surface area contributed by atoms with E-state index in [9.17, 15) is 14.9 Å². The summed E-state index contributed by atoms with van der Waals surface area (Å²) in [4.78, 5) is 26.3. The third-order valence-corrected chi connectivity index (χ3v) is 5.74. The molecular formula is C19H31N4O2. The van der Waals surface area contributed by atoms with E-state index in [0.29, 0.717) is 25.4 Å². The minimum atomic E-state index is -0.776. The number of primary amides is 1. The van der Waals surface area contributed by atoms with E-state index >= 15 is 0 Å². The van der Waals surface area contributed by atoms with Crippen molar-refractivity contribution in [2.45, 2.75) is 64.3 Å². The molecule has 0 bridgehead atoms. The fourth-order valence-electron chi connectivity index (χ4n) is 3.72. The van der Waals surface area contributed by atoms with Gasteiger partial charge in [-0.15, -0.1) is 0 Å². The topological polar surface area (TPSA) is 99.2 Å². The predicted molar refractivity (Wildman–Crippen MR) is 96.0 cm³/mol. The quantitative estimate of drug-likeness (QED) is 0.733. The van der Waals surface area contributed by atoms with E-state index in [4.69, 9.17) is 5.73 Å². The summed E-state index contributed by atoms with van der Waals surface area (Å²) in [6, 6.07) is 2.40. The molecule has 3 N–H and O–H groups in total. The van der Waals surface area contributed by atoms with Crippen LogP contribution >= 0.6 is 0 Å². The molecule has 0 aromatic rings. The van der Waals surface area contributed by atoms with Crippen LogP contribution in [0.3, 0.4) is 0 Å². The van der Waals surface area contributed by atoms with Crippen LogP contribution in [0.4, 0.5) is 0 Å². The van der Waals surface area contributed by atoms with E-state index in [-0.39, 0.29) is 12.3 Å². The number of hydrogen-bond donors (Lipinski definition) is 2. The van der Waals surface area contributed by atoms with Crippen LogP contribution in [0.2, 0.25) is 0 Å². The molecule has 0 aromatic heterocycles. The van der Waals surface area contributed by atoms with Gasteiger partial charge < -0.3 is 16.0 Å². The van der Waals surface area contributed by atoms with Gasteiger partial charge in [0, 0.05) is 18.5 Å². The van der Waals surface area contributed by atoms with E-state index in [1.807, 2.05) is 0 Å². The number of nitrogens with zero attached hydrogens (tertiary/aromatic N) is 2. The van der Waals surface area contributed by atoms with Crippen molar-refractivity contribution in [3.8, 4) is 6.07 Å². The Morgan fingerprint density at radius 1 is 1.36 bits per heavy atom. The summed E-state index contributed by atoms with van der Waals surface area (Å²) in [7, 11) is 0. The highest BCUT2D eigenvalue weighted by Crippen LogP contribution is 2.31. The minimum absolute atomic E-state index is 0.148. The maximum atomic E-state index is 13.0. The van der Waals surface area contributed by atoms with E-state index in [1.54, 1.807) is 25.2 Å². The lowest BCUT2D eigenvalue weighted by molar-refractivity contribution is -0.133. The third-order valence-electron chi connectivity index (χ3n) is 5.74. The average Bonchev–Trinajstić information content (AvgIpc) is 3.08. The zero-order valence-corrected chi connectivity index (χ0v) is 15.5. The van der Waals surface area contributed by atoms with Crippen LogP contribution in [-0.2, 0) is 9.59 Å². The first-order valence-electron chi connectivity index (χ1n) is 9.37. The summed E-state index contributed by atoms with van der Waals surface area (Å²) in [5.41, 5.74) is 3.87. The van der Waals surface area contributed by atoms with E-state index < -0.39 is 16.9 Å². The van der Waals surface area contributed by atoms with Gasteiger partial charge in [0.2, 0.25) is 11.8 Å². The molecule has 1 aliphatic heterocycles. The van der Waals surface area contributed by atoms with Crippen molar-refractivity contribution in [2.75, 3.05) is 19.6 Å². The Bertz CT molecular complexity index is 526. The maximum Gasteiger partial charge on any atom is 0.227 e. The number of nitrogens with one attached hydrogen (secondary N) is 1. The molecule has 1 heterocycles. The zero-order valence-electron chi connectivity index (χ0n) is 15.5. The van der Waals surface area contributed by atoms with Crippen LogP contribution in [0, 0.1) is 29.1 Å². The summed E-state index contributed by atoms with van der Waals surface area (Å²) in [5.74, 6) is -0.112. The second-order valence-electron chi connectivity index (χ2n) is 8.18. The molecule has 1 atom stereocenters. The second-order valence-corrected chi connectivity index (χ2v) is 8.18. The number of hydrogen-bond acceptors (Lipinski definition) is 4. The largest absolute Gasteiger partial charge is 0.369 e. The summed E-state index contributed by atoms with van der Waals surface area (Å²) in [5, 5.41) is 13.0. The Balaban J connectivity index is 2.11. The zero-order chi connectivity index (χ0) is 18.5. The van der Waals surface area contributed by atoms with Gasteiger partial charge >= 0.3 is 0 Å². The molecule has 0 spiro atoms. The Morgan fingerprint density at radius 3 is 2.56 bits per heavy atom. The van der Waals surface area contributed by atoms with Crippen molar-refractivity contribution < 1.29 is 9.59 Å². The number of carbonyl (C=O) groups excluding carboxylic acids is 2. The molecule has 139 valence electrons. The Hall–Kier alpha value is -1.61. The molecule has 2 fully saturated rings. The molecule has 2 aliphatic rings. The Labute approximate surface area is 151 Å². The van der Waals surface area contributed by atoms with Crippen LogP contribution < -0.4 is 11.1 Å². The second kappa shape index (κ2) is 8.18. The molecule has 25 heavy (non-hydrogen) atoms. The highest BCUT2D eigenvalue weighted by Gasteiger charge is 2.43. The first kappa shape index (κ1) is 19.7. The third kappa shape index (κ3) is 4.72. The van der Waals surface area contributed by atoms with Crippen molar-refractivity contribution in [3.63, 3.8) is 0 Å². The fourth-order valence-corrected chi connectivity index (χ4v) is 3.72. The first-order valence-corrected chi connectivity index (χ1v) is 9.37. The Kier molecular flexibility index (Phi) is 6.45. The van der Waals surface area contributed by atoms with Crippen molar-refractivity contribution in [1.29, 1.82) is 5.26 Å². The summed E-state index contributed by atoms with van der Waals surface area (Å²) < 4.78 is 0. The molecule has 2 rings (SSSR count). The summed E-state index contributed by atoms with van der Waals surface area (Å²) in [6.45, 7) is 5.36. The van der Waals surface area contributed by atoms with Gasteiger partial charge in [-0.05, 0) is 38.1 Å². The SMILES string of the molecule is CC(C)(C[CH]C(=O)N(CC1CCCCC1)C1(C#N)CCNC1)C(N)=O. The maximum absolute atomic E-state index is 13.0. The first-order chi connectivity index (χ1) is 11.8. The lowest BCUT2D eigenvalue weighted by Gasteiger charge is -2.39. The molecule has 1 aliphatic carbocycles. The van der Waals surface area contributed by atoms with Crippen molar-refractivity contribution in [1.82, 2.24) is 10.2 Å². The van der Waals surface area contributed by atoms with Gasteiger partial charge in [-0.3, -0.25) is 9.59 Å². The highest BCUT2D eigenvalue weighted by molar-refractivity contribution is 5.88. The molecule has 2 amide bonds.